The highest BCUT2D eigenvalue weighted by Gasteiger charge is 2.29. The van der Waals surface area contributed by atoms with E-state index in [1.807, 2.05) is 12.1 Å². The van der Waals surface area contributed by atoms with Gasteiger partial charge in [-0.25, -0.2) is 0 Å². The molecule has 3 rings (SSSR count). The van der Waals surface area contributed by atoms with E-state index in [2.05, 4.69) is 43.5 Å². The number of rotatable bonds is 7. The van der Waals surface area contributed by atoms with Gasteiger partial charge >= 0.3 is 0 Å². The minimum atomic E-state index is -0.186. The lowest BCUT2D eigenvalue weighted by molar-refractivity contribution is -0.117. The molecule has 2 aromatic carbocycles. The molecule has 0 aromatic heterocycles. The molecule has 0 radical (unpaired) electrons. The molecule has 148 valence electrons. The average Bonchev–Trinajstić information content (AvgIpc) is 3.50. The first-order valence-corrected chi connectivity index (χ1v) is 9.75. The Kier molecular flexibility index (Phi) is 6.02. The maximum Gasteiger partial charge on any atom is 0.251 e. The van der Waals surface area contributed by atoms with E-state index in [1.54, 1.807) is 24.3 Å². The van der Waals surface area contributed by atoms with Crippen LogP contribution in [0.1, 0.15) is 49.5 Å². The lowest BCUT2D eigenvalue weighted by atomic mass is 9.87. The Balaban J connectivity index is 1.44. The largest absolute Gasteiger partial charge is 0.492 e. The molecule has 2 N–H and O–H groups in total. The minimum absolute atomic E-state index is 0.0310. The van der Waals surface area contributed by atoms with Crippen molar-refractivity contribution in [3.05, 3.63) is 59.7 Å². The second-order valence-corrected chi connectivity index (χ2v) is 8.22. The number of carbonyl (C=O) groups excluding carboxylic acids is 2. The van der Waals surface area contributed by atoms with Gasteiger partial charge < -0.3 is 15.4 Å². The average molecular weight is 380 g/mol. The number of benzene rings is 2. The van der Waals surface area contributed by atoms with Crippen molar-refractivity contribution in [2.45, 2.75) is 39.0 Å². The fraction of sp³-hybridized carbons (Fsp3) is 0.391. The van der Waals surface area contributed by atoms with Crippen molar-refractivity contribution in [3.8, 4) is 5.75 Å². The summed E-state index contributed by atoms with van der Waals surface area (Å²) in [5, 5.41) is 5.70. The van der Waals surface area contributed by atoms with Gasteiger partial charge in [0.15, 0.2) is 0 Å². The second kappa shape index (κ2) is 8.46. The van der Waals surface area contributed by atoms with Crippen molar-refractivity contribution in [1.29, 1.82) is 0 Å². The third-order valence-corrected chi connectivity index (χ3v) is 4.72. The molecule has 2 amide bonds. The molecule has 5 heteroatoms. The summed E-state index contributed by atoms with van der Waals surface area (Å²) in [5.74, 6) is 0.761. The van der Waals surface area contributed by atoms with Crippen molar-refractivity contribution in [2.75, 3.05) is 18.5 Å². The summed E-state index contributed by atoms with van der Waals surface area (Å²) in [6.45, 7) is 7.30. The van der Waals surface area contributed by atoms with E-state index in [-0.39, 0.29) is 23.1 Å². The summed E-state index contributed by atoms with van der Waals surface area (Å²) in [7, 11) is 0. The molecule has 0 saturated heterocycles. The molecule has 1 fully saturated rings. The van der Waals surface area contributed by atoms with E-state index >= 15 is 0 Å². The minimum Gasteiger partial charge on any atom is -0.492 e. The molecule has 0 spiro atoms. The maximum atomic E-state index is 12.3. The SMILES string of the molecule is CC(C)(C)c1ccc(OCCNC(=O)c2cccc(NC(=O)C3CC3)c2)cc1. The molecule has 1 aliphatic rings. The zero-order valence-electron chi connectivity index (χ0n) is 16.7. The van der Waals surface area contributed by atoms with Crippen LogP contribution in [0.3, 0.4) is 0 Å². The van der Waals surface area contributed by atoms with Gasteiger partial charge in [0.2, 0.25) is 5.91 Å². The van der Waals surface area contributed by atoms with Crippen molar-refractivity contribution >= 4 is 17.5 Å². The van der Waals surface area contributed by atoms with E-state index in [1.165, 1.54) is 5.56 Å². The van der Waals surface area contributed by atoms with Crippen LogP contribution in [0.5, 0.6) is 5.75 Å². The predicted octanol–water partition coefficient (Wildman–Crippen LogP) is 4.14. The number of amides is 2. The Morgan fingerprint density at radius 2 is 1.79 bits per heavy atom. The second-order valence-electron chi connectivity index (χ2n) is 8.22. The van der Waals surface area contributed by atoms with Crippen molar-refractivity contribution in [2.24, 2.45) is 5.92 Å². The van der Waals surface area contributed by atoms with Crippen molar-refractivity contribution in [1.82, 2.24) is 5.32 Å². The van der Waals surface area contributed by atoms with Gasteiger partial charge in [-0.2, -0.15) is 0 Å². The molecular formula is C23H28N2O3. The number of ether oxygens (including phenoxy) is 1. The molecule has 1 saturated carbocycles. The van der Waals surface area contributed by atoms with E-state index in [0.29, 0.717) is 24.4 Å². The molecule has 0 heterocycles. The summed E-state index contributed by atoms with van der Waals surface area (Å²) in [6.07, 6.45) is 1.90. The van der Waals surface area contributed by atoms with Crippen LogP contribution >= 0.6 is 0 Å². The van der Waals surface area contributed by atoms with Crippen LogP contribution in [-0.2, 0) is 10.2 Å². The standard InChI is InChI=1S/C23H28N2O3/c1-23(2,3)18-9-11-20(12-10-18)28-14-13-24-21(26)17-5-4-6-19(15-17)25-22(27)16-7-8-16/h4-6,9-12,15-16H,7-8,13-14H2,1-3H3,(H,24,26)(H,25,27). The van der Waals surface area contributed by atoms with Gasteiger partial charge in [0.25, 0.3) is 5.91 Å². The number of nitrogens with one attached hydrogen (secondary N) is 2. The number of anilines is 1. The fourth-order valence-corrected chi connectivity index (χ4v) is 2.81. The molecular weight excluding hydrogens is 352 g/mol. The number of carbonyl (C=O) groups is 2. The van der Waals surface area contributed by atoms with Crippen LogP contribution in [0.15, 0.2) is 48.5 Å². The summed E-state index contributed by atoms with van der Waals surface area (Å²) in [4.78, 5) is 24.2. The Bertz CT molecular complexity index is 834. The van der Waals surface area contributed by atoms with Crippen molar-refractivity contribution in [3.63, 3.8) is 0 Å². The Hall–Kier alpha value is -2.82. The van der Waals surface area contributed by atoms with Crippen LogP contribution in [0.25, 0.3) is 0 Å². The highest BCUT2D eigenvalue weighted by molar-refractivity contribution is 5.98. The van der Waals surface area contributed by atoms with Gasteiger partial charge in [0.05, 0.1) is 6.54 Å². The van der Waals surface area contributed by atoms with Gasteiger partial charge in [-0.15, -0.1) is 0 Å². The van der Waals surface area contributed by atoms with Gasteiger partial charge in [-0.3, -0.25) is 9.59 Å². The molecule has 2 aromatic rings. The third-order valence-electron chi connectivity index (χ3n) is 4.72. The monoisotopic (exact) mass is 380 g/mol. The third kappa shape index (κ3) is 5.59. The molecule has 1 aliphatic carbocycles. The molecule has 0 atom stereocenters. The smallest absolute Gasteiger partial charge is 0.251 e. The van der Waals surface area contributed by atoms with Gasteiger partial charge in [0, 0.05) is 17.2 Å². The molecule has 0 aliphatic heterocycles. The highest BCUT2D eigenvalue weighted by Crippen LogP contribution is 2.30. The van der Waals surface area contributed by atoms with E-state index < -0.39 is 0 Å². The first kappa shape index (κ1) is 19.9. The molecule has 0 unspecified atom stereocenters. The van der Waals surface area contributed by atoms with Crippen LogP contribution in [-0.4, -0.2) is 25.0 Å². The zero-order chi connectivity index (χ0) is 20.1. The zero-order valence-corrected chi connectivity index (χ0v) is 16.7. The fourth-order valence-electron chi connectivity index (χ4n) is 2.81. The predicted molar refractivity (Wildman–Crippen MR) is 111 cm³/mol. The maximum absolute atomic E-state index is 12.3. The number of hydrogen-bond donors (Lipinski definition) is 2. The highest BCUT2D eigenvalue weighted by atomic mass is 16.5. The summed E-state index contributed by atoms with van der Waals surface area (Å²) in [6, 6.07) is 15.0. The van der Waals surface area contributed by atoms with E-state index in [0.717, 1.165) is 18.6 Å². The molecule has 28 heavy (non-hydrogen) atoms. The Morgan fingerprint density at radius 3 is 2.43 bits per heavy atom. The Labute approximate surface area is 166 Å². The normalized spacial score (nSPS) is 13.7. The van der Waals surface area contributed by atoms with Gasteiger partial charge in [-0.05, 0) is 54.2 Å². The molecule has 5 nitrogen and oxygen atoms in total. The lowest BCUT2D eigenvalue weighted by Crippen LogP contribution is -2.28. The first-order chi connectivity index (χ1) is 13.3. The summed E-state index contributed by atoms with van der Waals surface area (Å²) < 4.78 is 5.70. The van der Waals surface area contributed by atoms with E-state index in [4.69, 9.17) is 4.74 Å². The summed E-state index contributed by atoms with van der Waals surface area (Å²) >= 11 is 0. The van der Waals surface area contributed by atoms with E-state index in [9.17, 15) is 9.59 Å². The van der Waals surface area contributed by atoms with Crippen LogP contribution in [0, 0.1) is 5.92 Å². The van der Waals surface area contributed by atoms with Crippen molar-refractivity contribution < 1.29 is 14.3 Å². The van der Waals surface area contributed by atoms with Gasteiger partial charge in [0.1, 0.15) is 12.4 Å². The van der Waals surface area contributed by atoms with Gasteiger partial charge in [-0.1, -0.05) is 39.0 Å². The van der Waals surface area contributed by atoms with Crippen LogP contribution in [0.2, 0.25) is 0 Å². The molecule has 0 bridgehead atoms. The quantitative estimate of drug-likeness (QED) is 0.710. The lowest BCUT2D eigenvalue weighted by Gasteiger charge is -2.19. The topological polar surface area (TPSA) is 67.4 Å². The Morgan fingerprint density at radius 1 is 1.07 bits per heavy atom. The van der Waals surface area contributed by atoms with Crippen LogP contribution < -0.4 is 15.4 Å². The van der Waals surface area contributed by atoms with Crippen LogP contribution in [0.4, 0.5) is 5.69 Å². The number of hydrogen-bond acceptors (Lipinski definition) is 3. The summed E-state index contributed by atoms with van der Waals surface area (Å²) in [5.41, 5.74) is 2.53. The first-order valence-electron chi connectivity index (χ1n) is 9.75.